The first-order valence-corrected chi connectivity index (χ1v) is 5.76. The van der Waals surface area contributed by atoms with Gasteiger partial charge in [0.25, 0.3) is 0 Å². The SMILES string of the molecule is Cc1nn(-c2c(C(N)=S)c(C)nn2C)cc1Cl. The highest BCUT2D eigenvalue weighted by Crippen LogP contribution is 2.21. The highest BCUT2D eigenvalue weighted by Gasteiger charge is 2.18. The molecule has 0 spiro atoms. The molecule has 90 valence electrons. The van der Waals surface area contributed by atoms with Crippen molar-refractivity contribution in [3.8, 4) is 5.82 Å². The number of aromatic nitrogens is 4. The summed E-state index contributed by atoms with van der Waals surface area (Å²) in [5, 5.41) is 9.19. The zero-order chi connectivity index (χ0) is 12.7. The van der Waals surface area contributed by atoms with Crippen molar-refractivity contribution < 1.29 is 0 Å². The molecule has 2 N–H and O–H groups in total. The Kier molecular flexibility index (Phi) is 2.92. The molecule has 0 aromatic carbocycles. The molecule has 2 aromatic heterocycles. The summed E-state index contributed by atoms with van der Waals surface area (Å²) in [5.74, 6) is 0.727. The molecule has 0 radical (unpaired) electrons. The molecule has 0 fully saturated rings. The summed E-state index contributed by atoms with van der Waals surface area (Å²) in [6.07, 6.45) is 1.72. The van der Waals surface area contributed by atoms with E-state index in [1.54, 1.807) is 15.6 Å². The predicted octanol–water partition coefficient (Wildman–Crippen LogP) is 1.51. The molecule has 0 bridgehead atoms. The van der Waals surface area contributed by atoms with E-state index < -0.39 is 0 Å². The van der Waals surface area contributed by atoms with Crippen molar-refractivity contribution in [1.29, 1.82) is 0 Å². The number of nitrogens with zero attached hydrogens (tertiary/aromatic N) is 4. The maximum absolute atomic E-state index is 5.99. The van der Waals surface area contributed by atoms with Crippen LogP contribution in [0.1, 0.15) is 17.0 Å². The number of rotatable bonds is 2. The van der Waals surface area contributed by atoms with Crippen LogP contribution in [-0.4, -0.2) is 24.5 Å². The second-order valence-corrected chi connectivity index (χ2v) is 4.63. The second kappa shape index (κ2) is 4.12. The number of nitrogens with two attached hydrogens (primary N) is 1. The van der Waals surface area contributed by atoms with Gasteiger partial charge in [-0.2, -0.15) is 10.2 Å². The Morgan fingerprint density at radius 2 is 2.00 bits per heavy atom. The molecule has 5 nitrogen and oxygen atoms in total. The Morgan fingerprint density at radius 1 is 1.35 bits per heavy atom. The molecule has 0 atom stereocenters. The summed E-state index contributed by atoms with van der Waals surface area (Å²) in [6, 6.07) is 0. The largest absolute Gasteiger partial charge is 0.389 e. The molecule has 2 rings (SSSR count). The number of hydrogen-bond donors (Lipinski definition) is 1. The van der Waals surface area contributed by atoms with Gasteiger partial charge in [0.15, 0.2) is 5.82 Å². The molecule has 2 aromatic rings. The van der Waals surface area contributed by atoms with Gasteiger partial charge in [0, 0.05) is 7.05 Å². The Morgan fingerprint density at radius 3 is 2.47 bits per heavy atom. The van der Waals surface area contributed by atoms with Gasteiger partial charge in [-0.3, -0.25) is 4.68 Å². The molecular formula is C10H12ClN5S. The van der Waals surface area contributed by atoms with Crippen LogP contribution in [0.25, 0.3) is 5.82 Å². The first-order chi connectivity index (χ1) is 7.91. The zero-order valence-corrected chi connectivity index (χ0v) is 11.3. The van der Waals surface area contributed by atoms with E-state index in [9.17, 15) is 0 Å². The molecule has 17 heavy (non-hydrogen) atoms. The van der Waals surface area contributed by atoms with Crippen molar-refractivity contribution in [3.05, 3.63) is 28.2 Å². The van der Waals surface area contributed by atoms with Crippen LogP contribution >= 0.6 is 23.8 Å². The summed E-state index contributed by atoms with van der Waals surface area (Å²) in [6.45, 7) is 3.69. The number of aryl methyl sites for hydroxylation is 3. The third-order valence-corrected chi connectivity index (χ3v) is 3.07. The molecule has 0 aliphatic rings. The molecule has 0 unspecified atom stereocenters. The normalized spacial score (nSPS) is 10.8. The van der Waals surface area contributed by atoms with Crippen LogP contribution in [0.15, 0.2) is 6.20 Å². The van der Waals surface area contributed by atoms with Gasteiger partial charge < -0.3 is 5.73 Å². The number of thiocarbonyl (C=S) groups is 1. The fourth-order valence-corrected chi connectivity index (χ4v) is 2.11. The number of halogens is 1. The van der Waals surface area contributed by atoms with Crippen molar-refractivity contribution in [2.24, 2.45) is 12.8 Å². The van der Waals surface area contributed by atoms with Crippen molar-refractivity contribution in [2.45, 2.75) is 13.8 Å². The first-order valence-electron chi connectivity index (χ1n) is 4.97. The van der Waals surface area contributed by atoms with Gasteiger partial charge in [-0.25, -0.2) is 4.68 Å². The minimum Gasteiger partial charge on any atom is -0.389 e. The maximum Gasteiger partial charge on any atom is 0.162 e. The van der Waals surface area contributed by atoms with Gasteiger partial charge >= 0.3 is 0 Å². The van der Waals surface area contributed by atoms with Gasteiger partial charge in [0.2, 0.25) is 0 Å². The standard InChI is InChI=1S/C10H12ClN5S/c1-5-7(11)4-16(14-5)10-8(9(12)17)6(2)13-15(10)3/h4H,1-3H3,(H2,12,17). The fraction of sp³-hybridized carbons (Fsp3) is 0.300. The van der Waals surface area contributed by atoms with Crippen molar-refractivity contribution in [3.63, 3.8) is 0 Å². The lowest BCUT2D eigenvalue weighted by Gasteiger charge is -2.04. The minimum atomic E-state index is 0.301. The van der Waals surface area contributed by atoms with Crippen LogP contribution in [0.5, 0.6) is 0 Å². The Labute approximate surface area is 109 Å². The molecule has 7 heteroatoms. The molecule has 0 amide bonds. The third kappa shape index (κ3) is 1.94. The Balaban J connectivity index is 2.70. The zero-order valence-electron chi connectivity index (χ0n) is 9.73. The lowest BCUT2D eigenvalue weighted by molar-refractivity contribution is 0.691. The predicted molar refractivity (Wildman–Crippen MR) is 70.7 cm³/mol. The van der Waals surface area contributed by atoms with Gasteiger partial charge in [0.05, 0.1) is 28.2 Å². The summed E-state index contributed by atoms with van der Waals surface area (Å²) in [5.41, 5.74) is 7.97. The lowest BCUT2D eigenvalue weighted by Crippen LogP contribution is -2.15. The Hall–Kier alpha value is -1.40. The van der Waals surface area contributed by atoms with Crippen molar-refractivity contribution in [2.75, 3.05) is 0 Å². The molecule has 2 heterocycles. The summed E-state index contributed by atoms with van der Waals surface area (Å²) in [4.78, 5) is 0.301. The third-order valence-electron chi connectivity index (χ3n) is 2.49. The average molecular weight is 270 g/mol. The Bertz CT molecular complexity index is 579. The maximum atomic E-state index is 5.99. The molecule has 0 saturated carbocycles. The van der Waals surface area contributed by atoms with E-state index in [-0.39, 0.29) is 0 Å². The van der Waals surface area contributed by atoms with E-state index in [1.165, 1.54) is 0 Å². The fourth-order valence-electron chi connectivity index (χ4n) is 1.74. The van der Waals surface area contributed by atoms with Gasteiger partial charge in [-0.15, -0.1) is 0 Å². The average Bonchev–Trinajstić information content (AvgIpc) is 2.68. The van der Waals surface area contributed by atoms with Crippen LogP contribution in [-0.2, 0) is 7.05 Å². The topological polar surface area (TPSA) is 61.7 Å². The highest BCUT2D eigenvalue weighted by atomic mass is 35.5. The minimum absolute atomic E-state index is 0.301. The van der Waals surface area contributed by atoms with Gasteiger partial charge in [-0.1, -0.05) is 23.8 Å². The summed E-state index contributed by atoms with van der Waals surface area (Å²) < 4.78 is 3.33. The van der Waals surface area contributed by atoms with Gasteiger partial charge in [0.1, 0.15) is 4.99 Å². The van der Waals surface area contributed by atoms with Crippen LogP contribution in [0.2, 0.25) is 5.02 Å². The van der Waals surface area contributed by atoms with E-state index >= 15 is 0 Å². The van der Waals surface area contributed by atoms with E-state index in [4.69, 9.17) is 29.6 Å². The van der Waals surface area contributed by atoms with Crippen LogP contribution in [0, 0.1) is 13.8 Å². The summed E-state index contributed by atoms with van der Waals surface area (Å²) >= 11 is 11.0. The summed E-state index contributed by atoms with van der Waals surface area (Å²) in [7, 11) is 1.81. The van der Waals surface area contributed by atoms with Crippen LogP contribution < -0.4 is 5.73 Å². The quantitative estimate of drug-likeness (QED) is 0.840. The van der Waals surface area contributed by atoms with Gasteiger partial charge in [-0.05, 0) is 13.8 Å². The van der Waals surface area contributed by atoms with E-state index in [1.807, 2.05) is 20.9 Å². The molecule has 0 saturated heterocycles. The van der Waals surface area contributed by atoms with Crippen LogP contribution in [0.3, 0.4) is 0 Å². The molecular weight excluding hydrogens is 258 g/mol. The second-order valence-electron chi connectivity index (χ2n) is 3.78. The first kappa shape index (κ1) is 12.1. The van der Waals surface area contributed by atoms with E-state index in [0.29, 0.717) is 10.0 Å². The molecule has 0 aliphatic carbocycles. The van der Waals surface area contributed by atoms with E-state index in [2.05, 4.69) is 10.2 Å². The monoisotopic (exact) mass is 269 g/mol. The molecule has 0 aliphatic heterocycles. The highest BCUT2D eigenvalue weighted by molar-refractivity contribution is 7.80. The smallest absolute Gasteiger partial charge is 0.162 e. The van der Waals surface area contributed by atoms with Crippen molar-refractivity contribution >= 4 is 28.8 Å². The lowest BCUT2D eigenvalue weighted by atomic mass is 10.2. The number of hydrogen-bond acceptors (Lipinski definition) is 3. The van der Waals surface area contributed by atoms with Crippen LogP contribution in [0.4, 0.5) is 0 Å². The van der Waals surface area contributed by atoms with Crippen molar-refractivity contribution in [1.82, 2.24) is 19.6 Å². The van der Waals surface area contributed by atoms with E-state index in [0.717, 1.165) is 22.8 Å².